The van der Waals surface area contributed by atoms with Crippen molar-refractivity contribution < 1.29 is 9.59 Å². The first kappa shape index (κ1) is 13.3. The number of nitrogens with zero attached hydrogens (tertiary/aromatic N) is 1. The van der Waals surface area contributed by atoms with Gasteiger partial charge in [0.25, 0.3) is 5.91 Å². The number of urea groups is 1. The van der Waals surface area contributed by atoms with Crippen molar-refractivity contribution >= 4 is 11.9 Å². The average molecular weight is 253 g/mol. The van der Waals surface area contributed by atoms with Crippen LogP contribution in [0.2, 0.25) is 0 Å². The average Bonchev–Trinajstić information content (AvgIpc) is 2.92. The summed E-state index contributed by atoms with van der Waals surface area (Å²) in [5.41, 5.74) is -0.692. The fourth-order valence-corrected chi connectivity index (χ4v) is 2.69. The van der Waals surface area contributed by atoms with Crippen LogP contribution in [0.4, 0.5) is 4.79 Å². The number of carbonyl (C=O) groups is 2. The highest BCUT2D eigenvalue weighted by Gasteiger charge is 2.45. The molecule has 2 N–H and O–H groups in total. The molecule has 2 aliphatic rings. The summed E-state index contributed by atoms with van der Waals surface area (Å²) in [7, 11) is 0. The maximum Gasteiger partial charge on any atom is 0.325 e. The third kappa shape index (κ3) is 2.51. The lowest BCUT2D eigenvalue weighted by atomic mass is 9.99. The quantitative estimate of drug-likeness (QED) is 0.725. The van der Waals surface area contributed by atoms with Crippen LogP contribution < -0.4 is 10.6 Å². The molecule has 0 aromatic carbocycles. The zero-order valence-electron chi connectivity index (χ0n) is 11.3. The molecule has 2 aliphatic heterocycles. The fourth-order valence-electron chi connectivity index (χ4n) is 2.69. The molecule has 0 aromatic heterocycles. The molecule has 5 heteroatoms. The predicted octanol–water partition coefficient (Wildman–Crippen LogP) is 1.24. The smallest absolute Gasteiger partial charge is 0.323 e. The van der Waals surface area contributed by atoms with Gasteiger partial charge >= 0.3 is 6.03 Å². The highest BCUT2D eigenvalue weighted by atomic mass is 16.2. The molecule has 0 saturated carbocycles. The summed E-state index contributed by atoms with van der Waals surface area (Å²) < 4.78 is 0. The fraction of sp³-hybridized carbons (Fsp3) is 0.846. The Morgan fingerprint density at radius 3 is 2.78 bits per heavy atom. The Balaban J connectivity index is 1.82. The van der Waals surface area contributed by atoms with E-state index in [-0.39, 0.29) is 11.9 Å². The first-order valence-electron chi connectivity index (χ1n) is 6.94. The van der Waals surface area contributed by atoms with Gasteiger partial charge in [0, 0.05) is 12.6 Å². The Bertz CT molecular complexity index is 339. The molecular weight excluding hydrogens is 230 g/mol. The van der Waals surface area contributed by atoms with E-state index < -0.39 is 5.54 Å². The van der Waals surface area contributed by atoms with E-state index in [9.17, 15) is 9.59 Å². The number of rotatable bonds is 5. The van der Waals surface area contributed by atoms with Crippen LogP contribution in [0, 0.1) is 0 Å². The van der Waals surface area contributed by atoms with E-state index in [1.807, 2.05) is 6.92 Å². The Labute approximate surface area is 108 Å². The first-order chi connectivity index (χ1) is 8.57. The molecular formula is C13H23N3O2. The van der Waals surface area contributed by atoms with E-state index in [1.54, 1.807) is 6.92 Å². The molecule has 2 unspecified atom stereocenters. The van der Waals surface area contributed by atoms with Crippen LogP contribution in [-0.4, -0.2) is 41.5 Å². The van der Waals surface area contributed by atoms with Crippen LogP contribution in [-0.2, 0) is 4.79 Å². The second-order valence-corrected chi connectivity index (χ2v) is 5.51. The second kappa shape index (κ2) is 5.26. The zero-order valence-corrected chi connectivity index (χ0v) is 11.3. The summed E-state index contributed by atoms with van der Waals surface area (Å²) in [6.07, 6.45) is 5.02. The van der Waals surface area contributed by atoms with Gasteiger partial charge in [-0.25, -0.2) is 4.79 Å². The first-order valence-corrected chi connectivity index (χ1v) is 6.94. The summed E-state index contributed by atoms with van der Waals surface area (Å²) in [4.78, 5) is 25.3. The van der Waals surface area contributed by atoms with Crippen molar-refractivity contribution in [1.29, 1.82) is 0 Å². The third-order valence-corrected chi connectivity index (χ3v) is 4.15. The van der Waals surface area contributed by atoms with Gasteiger partial charge in [-0.15, -0.1) is 0 Å². The van der Waals surface area contributed by atoms with E-state index >= 15 is 0 Å². The van der Waals surface area contributed by atoms with Gasteiger partial charge in [0.2, 0.25) is 0 Å². The van der Waals surface area contributed by atoms with Gasteiger partial charge in [-0.1, -0.05) is 6.92 Å². The minimum atomic E-state index is -0.692. The second-order valence-electron chi connectivity index (χ2n) is 5.51. The molecule has 0 spiro atoms. The van der Waals surface area contributed by atoms with E-state index in [2.05, 4.69) is 10.6 Å². The van der Waals surface area contributed by atoms with Crippen LogP contribution in [0.15, 0.2) is 0 Å². The minimum absolute atomic E-state index is 0.0746. The summed E-state index contributed by atoms with van der Waals surface area (Å²) >= 11 is 0. The van der Waals surface area contributed by atoms with Crippen molar-refractivity contribution in [2.24, 2.45) is 0 Å². The minimum Gasteiger partial charge on any atom is -0.323 e. The highest BCUT2D eigenvalue weighted by molar-refractivity contribution is 6.06. The van der Waals surface area contributed by atoms with Gasteiger partial charge in [-0.3, -0.25) is 9.69 Å². The van der Waals surface area contributed by atoms with Crippen molar-refractivity contribution in [3.8, 4) is 0 Å². The van der Waals surface area contributed by atoms with Gasteiger partial charge in [-0.2, -0.15) is 0 Å². The Kier molecular flexibility index (Phi) is 3.90. The molecule has 2 fully saturated rings. The van der Waals surface area contributed by atoms with E-state index in [0.717, 1.165) is 19.4 Å². The van der Waals surface area contributed by atoms with E-state index in [4.69, 9.17) is 0 Å². The van der Waals surface area contributed by atoms with E-state index in [0.29, 0.717) is 19.0 Å². The van der Waals surface area contributed by atoms with Gasteiger partial charge in [-0.05, 0) is 45.6 Å². The standard InChI is InChI=1S/C13H23N3O2/c1-3-13(2)11(17)16(12(18)15-13)9-5-7-10-6-4-8-14-10/h10,14H,3-9H2,1-2H3,(H,15,18). The lowest BCUT2D eigenvalue weighted by molar-refractivity contribution is -0.130. The van der Waals surface area contributed by atoms with Gasteiger partial charge in [0.05, 0.1) is 0 Å². The van der Waals surface area contributed by atoms with Gasteiger partial charge in [0.15, 0.2) is 0 Å². The van der Waals surface area contributed by atoms with Crippen molar-refractivity contribution in [3.05, 3.63) is 0 Å². The molecule has 0 radical (unpaired) electrons. The summed E-state index contributed by atoms with van der Waals surface area (Å²) in [5, 5.41) is 6.21. The number of nitrogens with one attached hydrogen (secondary N) is 2. The molecule has 2 heterocycles. The SMILES string of the molecule is CCC1(C)NC(=O)N(CCCC2CCCN2)C1=O. The van der Waals surface area contributed by atoms with Crippen LogP contribution in [0.3, 0.4) is 0 Å². The summed E-state index contributed by atoms with van der Waals surface area (Å²) in [6.45, 7) is 5.36. The maximum atomic E-state index is 12.1. The van der Waals surface area contributed by atoms with Crippen molar-refractivity contribution in [3.63, 3.8) is 0 Å². The molecule has 5 nitrogen and oxygen atoms in total. The normalized spacial score (nSPS) is 32.1. The molecule has 18 heavy (non-hydrogen) atoms. The molecule has 102 valence electrons. The lowest BCUT2D eigenvalue weighted by Crippen LogP contribution is -2.43. The number of imide groups is 1. The van der Waals surface area contributed by atoms with E-state index in [1.165, 1.54) is 17.7 Å². The number of hydrogen-bond donors (Lipinski definition) is 2. The van der Waals surface area contributed by atoms with Crippen LogP contribution in [0.5, 0.6) is 0 Å². The molecule has 2 saturated heterocycles. The van der Waals surface area contributed by atoms with Crippen molar-refractivity contribution in [2.75, 3.05) is 13.1 Å². The third-order valence-electron chi connectivity index (χ3n) is 4.15. The topological polar surface area (TPSA) is 61.4 Å². The molecule has 0 bridgehead atoms. The number of amides is 3. The van der Waals surface area contributed by atoms with Crippen molar-refractivity contribution in [1.82, 2.24) is 15.5 Å². The largest absolute Gasteiger partial charge is 0.325 e. The number of hydrogen-bond acceptors (Lipinski definition) is 3. The molecule has 2 atom stereocenters. The molecule has 2 rings (SSSR count). The number of carbonyl (C=O) groups excluding carboxylic acids is 2. The summed E-state index contributed by atoms with van der Waals surface area (Å²) in [6, 6.07) is 0.340. The predicted molar refractivity (Wildman–Crippen MR) is 69.2 cm³/mol. The van der Waals surface area contributed by atoms with Crippen LogP contribution in [0.1, 0.15) is 46.0 Å². The lowest BCUT2D eigenvalue weighted by Gasteiger charge is -2.19. The molecule has 0 aromatic rings. The highest BCUT2D eigenvalue weighted by Crippen LogP contribution is 2.21. The zero-order chi connectivity index (χ0) is 13.2. The maximum absolute atomic E-state index is 12.1. The van der Waals surface area contributed by atoms with Gasteiger partial charge in [0.1, 0.15) is 5.54 Å². The van der Waals surface area contributed by atoms with Crippen LogP contribution >= 0.6 is 0 Å². The van der Waals surface area contributed by atoms with Gasteiger partial charge < -0.3 is 10.6 Å². The molecule has 0 aliphatic carbocycles. The van der Waals surface area contributed by atoms with Crippen molar-refractivity contribution in [2.45, 2.75) is 57.5 Å². The Morgan fingerprint density at radius 1 is 1.44 bits per heavy atom. The van der Waals surface area contributed by atoms with Crippen LogP contribution in [0.25, 0.3) is 0 Å². The Morgan fingerprint density at radius 2 is 2.22 bits per heavy atom. The Hall–Kier alpha value is -1.10. The molecule has 3 amide bonds. The summed E-state index contributed by atoms with van der Waals surface area (Å²) in [5.74, 6) is -0.0746. The monoisotopic (exact) mass is 253 g/mol.